The van der Waals surface area contributed by atoms with Crippen molar-refractivity contribution in [1.82, 2.24) is 9.78 Å². The van der Waals surface area contributed by atoms with Gasteiger partial charge in [-0.15, -0.1) is 0 Å². The van der Waals surface area contributed by atoms with Crippen molar-refractivity contribution in [2.24, 2.45) is 0 Å². The van der Waals surface area contributed by atoms with Crippen molar-refractivity contribution in [2.45, 2.75) is 6.92 Å². The average molecular weight is 316 g/mol. The molecule has 2 rings (SSSR count). The van der Waals surface area contributed by atoms with Crippen LogP contribution in [0.1, 0.15) is 15.9 Å². The van der Waals surface area contributed by atoms with Crippen LogP contribution in [-0.2, 0) is 0 Å². The Hall–Kier alpha value is -1.33. The maximum Gasteiger partial charge on any atom is 0.337 e. The Balaban J connectivity index is 2.60. The van der Waals surface area contributed by atoms with Gasteiger partial charge in [0.2, 0.25) is 0 Å². The zero-order valence-corrected chi connectivity index (χ0v) is 11.2. The quantitative estimate of drug-likeness (QED) is 0.925. The molecule has 0 saturated carbocycles. The molecule has 1 heterocycles. The Morgan fingerprint density at radius 2 is 2.24 bits per heavy atom. The molecule has 1 aromatic heterocycles. The van der Waals surface area contributed by atoms with Gasteiger partial charge in [0.15, 0.2) is 0 Å². The third-order valence-electron chi connectivity index (χ3n) is 2.29. The summed E-state index contributed by atoms with van der Waals surface area (Å²) < 4.78 is 2.40. The third-order valence-corrected chi connectivity index (χ3v) is 3.20. The summed E-state index contributed by atoms with van der Waals surface area (Å²) in [5.74, 6) is -1.05. The Kier molecular flexibility index (Phi) is 3.22. The fourth-order valence-corrected chi connectivity index (χ4v) is 1.96. The minimum atomic E-state index is -1.05. The predicted octanol–water partition coefficient (Wildman–Crippen LogP) is 3.29. The van der Waals surface area contributed by atoms with E-state index in [1.807, 2.05) is 0 Å². The standard InChI is InChI=1S/C11H8BrClN2O2/c1-6-2-8(15-5-7(12)4-14-15)3-9(10(6)13)11(16)17/h2-5H,1H3,(H,16,17). The fourth-order valence-electron chi connectivity index (χ4n) is 1.48. The lowest BCUT2D eigenvalue weighted by Crippen LogP contribution is -2.03. The highest BCUT2D eigenvalue weighted by Gasteiger charge is 2.13. The van der Waals surface area contributed by atoms with E-state index in [0.717, 1.165) is 4.47 Å². The number of hydrogen-bond donors (Lipinski definition) is 1. The number of carbonyl (C=O) groups is 1. The lowest BCUT2D eigenvalue weighted by atomic mass is 10.1. The molecule has 0 spiro atoms. The molecule has 1 aromatic carbocycles. The van der Waals surface area contributed by atoms with Gasteiger partial charge in [0.1, 0.15) is 0 Å². The highest BCUT2D eigenvalue weighted by Crippen LogP contribution is 2.25. The normalized spacial score (nSPS) is 10.5. The first kappa shape index (κ1) is 12.1. The van der Waals surface area contributed by atoms with Crippen LogP contribution in [0, 0.1) is 6.92 Å². The lowest BCUT2D eigenvalue weighted by Gasteiger charge is -2.07. The van der Waals surface area contributed by atoms with Gasteiger partial charge in [0.25, 0.3) is 0 Å². The molecule has 0 atom stereocenters. The van der Waals surface area contributed by atoms with Gasteiger partial charge in [-0.1, -0.05) is 11.6 Å². The monoisotopic (exact) mass is 314 g/mol. The van der Waals surface area contributed by atoms with Gasteiger partial charge in [0, 0.05) is 6.20 Å². The molecule has 2 aromatic rings. The summed E-state index contributed by atoms with van der Waals surface area (Å²) >= 11 is 9.22. The van der Waals surface area contributed by atoms with Crippen LogP contribution in [0.2, 0.25) is 5.02 Å². The Morgan fingerprint density at radius 1 is 1.53 bits per heavy atom. The first-order chi connectivity index (χ1) is 7.99. The number of benzene rings is 1. The highest BCUT2D eigenvalue weighted by atomic mass is 79.9. The van der Waals surface area contributed by atoms with Crippen molar-refractivity contribution in [1.29, 1.82) is 0 Å². The number of aromatic nitrogens is 2. The average Bonchev–Trinajstić information content (AvgIpc) is 2.68. The van der Waals surface area contributed by atoms with Crippen LogP contribution < -0.4 is 0 Å². The molecule has 17 heavy (non-hydrogen) atoms. The van der Waals surface area contributed by atoms with Crippen LogP contribution in [0.3, 0.4) is 0 Å². The molecule has 0 amide bonds. The SMILES string of the molecule is Cc1cc(-n2cc(Br)cn2)cc(C(=O)O)c1Cl. The van der Waals surface area contributed by atoms with E-state index in [9.17, 15) is 4.79 Å². The van der Waals surface area contributed by atoms with E-state index < -0.39 is 5.97 Å². The van der Waals surface area contributed by atoms with E-state index in [2.05, 4.69) is 21.0 Å². The van der Waals surface area contributed by atoms with Crippen LogP contribution in [0.5, 0.6) is 0 Å². The summed E-state index contributed by atoms with van der Waals surface area (Å²) in [6.45, 7) is 1.76. The maximum absolute atomic E-state index is 11.0. The Labute approximate surface area is 111 Å². The summed E-state index contributed by atoms with van der Waals surface area (Å²) in [4.78, 5) is 11.0. The number of rotatable bonds is 2. The smallest absolute Gasteiger partial charge is 0.337 e. The van der Waals surface area contributed by atoms with E-state index in [1.165, 1.54) is 6.07 Å². The molecule has 6 heteroatoms. The number of carboxylic acid groups (broad SMARTS) is 1. The van der Waals surface area contributed by atoms with E-state index in [-0.39, 0.29) is 10.6 Å². The van der Waals surface area contributed by atoms with Crippen molar-refractivity contribution in [3.63, 3.8) is 0 Å². The van der Waals surface area contributed by atoms with Crippen LogP contribution in [0.4, 0.5) is 0 Å². The zero-order chi connectivity index (χ0) is 12.6. The molecule has 0 aliphatic rings. The molecule has 0 radical (unpaired) electrons. The first-order valence-corrected chi connectivity index (χ1v) is 5.90. The van der Waals surface area contributed by atoms with Gasteiger partial charge in [-0.3, -0.25) is 0 Å². The molecule has 88 valence electrons. The Bertz CT molecular complexity index is 595. The van der Waals surface area contributed by atoms with Crippen molar-refractivity contribution < 1.29 is 9.90 Å². The van der Waals surface area contributed by atoms with E-state index in [0.29, 0.717) is 11.3 Å². The highest BCUT2D eigenvalue weighted by molar-refractivity contribution is 9.10. The van der Waals surface area contributed by atoms with Crippen LogP contribution in [-0.4, -0.2) is 20.9 Å². The fraction of sp³-hybridized carbons (Fsp3) is 0.0909. The minimum Gasteiger partial charge on any atom is -0.478 e. The first-order valence-electron chi connectivity index (χ1n) is 4.73. The molecule has 0 aliphatic carbocycles. The van der Waals surface area contributed by atoms with Gasteiger partial charge < -0.3 is 5.11 Å². The molecule has 0 bridgehead atoms. The number of aromatic carboxylic acids is 1. The van der Waals surface area contributed by atoms with Gasteiger partial charge in [0.05, 0.1) is 26.9 Å². The summed E-state index contributed by atoms with van der Waals surface area (Å²) in [7, 11) is 0. The maximum atomic E-state index is 11.0. The second-order valence-corrected chi connectivity index (χ2v) is 4.83. The second-order valence-electron chi connectivity index (χ2n) is 3.53. The summed E-state index contributed by atoms with van der Waals surface area (Å²) in [5, 5.41) is 13.4. The van der Waals surface area contributed by atoms with Crippen molar-refractivity contribution in [3.05, 3.63) is 45.1 Å². The topological polar surface area (TPSA) is 55.1 Å². The molecular formula is C11H8BrClN2O2. The van der Waals surface area contributed by atoms with Crippen molar-refractivity contribution in [3.8, 4) is 5.69 Å². The third kappa shape index (κ3) is 2.35. The van der Waals surface area contributed by atoms with E-state index in [1.54, 1.807) is 30.1 Å². The molecular weight excluding hydrogens is 307 g/mol. The van der Waals surface area contributed by atoms with Crippen LogP contribution >= 0.6 is 27.5 Å². The number of carboxylic acids is 1. The number of halogens is 2. The van der Waals surface area contributed by atoms with E-state index >= 15 is 0 Å². The van der Waals surface area contributed by atoms with Crippen LogP contribution in [0.25, 0.3) is 5.69 Å². The van der Waals surface area contributed by atoms with Gasteiger partial charge >= 0.3 is 5.97 Å². The molecule has 0 fully saturated rings. The number of aryl methyl sites for hydroxylation is 1. The van der Waals surface area contributed by atoms with E-state index in [4.69, 9.17) is 16.7 Å². The van der Waals surface area contributed by atoms with Crippen molar-refractivity contribution >= 4 is 33.5 Å². The molecule has 0 unspecified atom stereocenters. The Morgan fingerprint density at radius 3 is 2.76 bits per heavy atom. The zero-order valence-electron chi connectivity index (χ0n) is 8.82. The number of nitrogens with zero attached hydrogens (tertiary/aromatic N) is 2. The van der Waals surface area contributed by atoms with Gasteiger partial charge in [-0.25, -0.2) is 9.48 Å². The van der Waals surface area contributed by atoms with Crippen molar-refractivity contribution in [2.75, 3.05) is 0 Å². The van der Waals surface area contributed by atoms with Gasteiger partial charge in [-0.05, 0) is 40.5 Å². The molecule has 4 nitrogen and oxygen atoms in total. The summed E-state index contributed by atoms with van der Waals surface area (Å²) in [6, 6.07) is 3.28. The molecule has 0 aliphatic heterocycles. The summed E-state index contributed by atoms with van der Waals surface area (Å²) in [6.07, 6.45) is 3.37. The molecule has 1 N–H and O–H groups in total. The largest absolute Gasteiger partial charge is 0.478 e. The predicted molar refractivity (Wildman–Crippen MR) is 68.0 cm³/mol. The molecule has 0 saturated heterocycles. The minimum absolute atomic E-state index is 0.0771. The lowest BCUT2D eigenvalue weighted by molar-refractivity contribution is 0.0697. The second kappa shape index (κ2) is 4.50. The van der Waals surface area contributed by atoms with Gasteiger partial charge in [-0.2, -0.15) is 5.10 Å². The summed E-state index contributed by atoms with van der Waals surface area (Å²) in [5.41, 5.74) is 1.44. The van der Waals surface area contributed by atoms with Crippen LogP contribution in [0.15, 0.2) is 29.0 Å². The number of hydrogen-bond acceptors (Lipinski definition) is 2.